The van der Waals surface area contributed by atoms with Crippen LogP contribution < -0.4 is 4.90 Å². The van der Waals surface area contributed by atoms with Crippen LogP contribution in [0.4, 0.5) is 5.95 Å². The molecule has 0 saturated carbocycles. The number of imidazole rings is 1. The van der Waals surface area contributed by atoms with Crippen molar-refractivity contribution in [1.29, 1.82) is 0 Å². The molecule has 3 rings (SSSR count). The number of nitrogens with one attached hydrogen (secondary N) is 1. The van der Waals surface area contributed by atoms with E-state index in [4.69, 9.17) is 9.84 Å². The van der Waals surface area contributed by atoms with Crippen LogP contribution in [-0.4, -0.2) is 69.2 Å². The van der Waals surface area contributed by atoms with Gasteiger partial charge in [-0.25, -0.2) is 4.98 Å². The van der Waals surface area contributed by atoms with E-state index in [2.05, 4.69) is 15.0 Å². The molecular formula is C12H16N4O4. The van der Waals surface area contributed by atoms with Crippen LogP contribution in [0.5, 0.6) is 0 Å². The molecule has 1 aromatic heterocycles. The van der Waals surface area contributed by atoms with Gasteiger partial charge in [0.25, 0.3) is 0 Å². The van der Waals surface area contributed by atoms with Crippen molar-refractivity contribution >= 4 is 12.2 Å². The molecule has 8 nitrogen and oxygen atoms in total. The predicted octanol–water partition coefficient (Wildman–Crippen LogP) is -1.38. The van der Waals surface area contributed by atoms with E-state index < -0.39 is 24.4 Å². The Labute approximate surface area is 115 Å². The molecule has 1 saturated heterocycles. The summed E-state index contributed by atoms with van der Waals surface area (Å²) in [7, 11) is 0. The Morgan fingerprint density at radius 2 is 2.25 bits per heavy atom. The summed E-state index contributed by atoms with van der Waals surface area (Å²) in [5.74, 6) is 0.631. The van der Waals surface area contributed by atoms with Gasteiger partial charge < -0.3 is 25.0 Å². The minimum atomic E-state index is -1.11. The molecule has 0 unspecified atom stereocenters. The molecular weight excluding hydrogens is 264 g/mol. The Hall–Kier alpha value is -1.74. The SMILES string of the molecule is OC[C@H]1O[C@@H](C2=CN(c3ncc[nH]3)CN=C2)[C@H](O)[C@@H]1O. The number of aliphatic hydroxyl groups is 3. The van der Waals surface area contributed by atoms with Crippen molar-refractivity contribution in [2.45, 2.75) is 24.4 Å². The number of nitrogens with zero attached hydrogens (tertiary/aromatic N) is 3. The van der Waals surface area contributed by atoms with Crippen LogP contribution in [0.25, 0.3) is 0 Å². The van der Waals surface area contributed by atoms with Crippen molar-refractivity contribution in [2.75, 3.05) is 18.2 Å². The Morgan fingerprint density at radius 3 is 2.90 bits per heavy atom. The van der Waals surface area contributed by atoms with Crippen molar-refractivity contribution in [3.8, 4) is 0 Å². The first-order valence-electron chi connectivity index (χ1n) is 6.30. The molecule has 20 heavy (non-hydrogen) atoms. The lowest BCUT2D eigenvalue weighted by Gasteiger charge is -2.23. The second kappa shape index (κ2) is 5.33. The van der Waals surface area contributed by atoms with Crippen molar-refractivity contribution in [1.82, 2.24) is 9.97 Å². The summed E-state index contributed by atoms with van der Waals surface area (Å²) < 4.78 is 5.47. The molecule has 0 bridgehead atoms. The third kappa shape index (κ3) is 2.22. The van der Waals surface area contributed by atoms with Gasteiger partial charge >= 0.3 is 0 Å². The van der Waals surface area contributed by atoms with Gasteiger partial charge in [0, 0.05) is 30.4 Å². The number of rotatable bonds is 3. The number of H-pyrrole nitrogens is 1. The molecule has 4 atom stereocenters. The first kappa shape index (κ1) is 13.3. The third-order valence-electron chi connectivity index (χ3n) is 3.41. The number of anilines is 1. The van der Waals surface area contributed by atoms with Gasteiger partial charge in [0.05, 0.1) is 6.61 Å². The zero-order valence-corrected chi connectivity index (χ0v) is 10.6. The third-order valence-corrected chi connectivity index (χ3v) is 3.41. The van der Waals surface area contributed by atoms with E-state index in [0.29, 0.717) is 18.2 Å². The maximum atomic E-state index is 10.00. The van der Waals surface area contributed by atoms with E-state index in [1.807, 2.05) is 0 Å². The molecule has 0 aliphatic carbocycles. The van der Waals surface area contributed by atoms with Crippen LogP contribution in [0.3, 0.4) is 0 Å². The highest BCUT2D eigenvalue weighted by atomic mass is 16.6. The monoisotopic (exact) mass is 280 g/mol. The van der Waals surface area contributed by atoms with E-state index in [1.165, 1.54) is 0 Å². The van der Waals surface area contributed by atoms with Gasteiger partial charge in [0.15, 0.2) is 0 Å². The Balaban J connectivity index is 1.81. The largest absolute Gasteiger partial charge is 0.394 e. The van der Waals surface area contributed by atoms with Gasteiger partial charge in [0.1, 0.15) is 31.1 Å². The second-order valence-electron chi connectivity index (χ2n) is 4.72. The molecule has 3 heterocycles. The van der Waals surface area contributed by atoms with E-state index >= 15 is 0 Å². The van der Waals surface area contributed by atoms with Gasteiger partial charge in [-0.2, -0.15) is 0 Å². The summed E-state index contributed by atoms with van der Waals surface area (Å²) in [5, 5.41) is 28.9. The minimum absolute atomic E-state index is 0.346. The van der Waals surface area contributed by atoms with Crippen molar-refractivity contribution < 1.29 is 20.1 Å². The minimum Gasteiger partial charge on any atom is -0.394 e. The molecule has 0 aromatic carbocycles. The zero-order valence-electron chi connectivity index (χ0n) is 10.6. The number of ether oxygens (including phenoxy) is 1. The lowest BCUT2D eigenvalue weighted by molar-refractivity contribution is -0.0131. The molecule has 2 aliphatic heterocycles. The van der Waals surface area contributed by atoms with E-state index in [-0.39, 0.29) is 6.61 Å². The molecule has 8 heteroatoms. The maximum absolute atomic E-state index is 10.00. The van der Waals surface area contributed by atoms with Gasteiger partial charge in [-0.3, -0.25) is 9.89 Å². The average molecular weight is 280 g/mol. The number of aromatic nitrogens is 2. The van der Waals surface area contributed by atoms with Crippen molar-refractivity contribution in [2.24, 2.45) is 4.99 Å². The first-order valence-corrected chi connectivity index (χ1v) is 6.30. The Kier molecular flexibility index (Phi) is 3.53. The molecule has 0 radical (unpaired) electrons. The quantitative estimate of drug-likeness (QED) is 0.543. The zero-order chi connectivity index (χ0) is 14.1. The highest BCUT2D eigenvalue weighted by Gasteiger charge is 2.44. The fraction of sp³-hybridized carbons (Fsp3) is 0.500. The molecule has 1 fully saturated rings. The highest BCUT2D eigenvalue weighted by molar-refractivity contribution is 5.82. The van der Waals surface area contributed by atoms with Crippen LogP contribution >= 0.6 is 0 Å². The molecule has 2 aliphatic rings. The fourth-order valence-corrected chi connectivity index (χ4v) is 2.35. The molecule has 4 N–H and O–H groups in total. The lowest BCUT2D eigenvalue weighted by Crippen LogP contribution is -2.35. The maximum Gasteiger partial charge on any atom is 0.208 e. The second-order valence-corrected chi connectivity index (χ2v) is 4.72. The summed E-state index contributed by atoms with van der Waals surface area (Å²) in [6.45, 7) is 0.0624. The van der Waals surface area contributed by atoms with Crippen LogP contribution in [0.2, 0.25) is 0 Å². The van der Waals surface area contributed by atoms with Gasteiger partial charge in [0.2, 0.25) is 5.95 Å². The fourth-order valence-electron chi connectivity index (χ4n) is 2.35. The van der Waals surface area contributed by atoms with E-state index in [0.717, 1.165) is 0 Å². The Bertz CT molecular complexity index is 516. The average Bonchev–Trinajstić information content (AvgIpc) is 3.10. The molecule has 108 valence electrons. The number of aliphatic imine (C=N–C) groups is 1. The topological polar surface area (TPSA) is 114 Å². The highest BCUT2D eigenvalue weighted by Crippen LogP contribution is 2.27. The summed E-state index contributed by atoms with van der Waals surface area (Å²) in [4.78, 5) is 13.0. The summed E-state index contributed by atoms with van der Waals surface area (Å²) in [6, 6.07) is 0. The number of aliphatic hydroxyl groups excluding tert-OH is 3. The molecule has 0 spiro atoms. The Morgan fingerprint density at radius 1 is 1.40 bits per heavy atom. The van der Waals surface area contributed by atoms with Crippen LogP contribution in [0, 0.1) is 0 Å². The number of hydrogen-bond acceptors (Lipinski definition) is 7. The normalized spacial score (nSPS) is 33.5. The summed E-state index contributed by atoms with van der Waals surface area (Å²) in [5.41, 5.74) is 0.621. The predicted molar refractivity (Wildman–Crippen MR) is 70.3 cm³/mol. The van der Waals surface area contributed by atoms with Crippen LogP contribution in [0.15, 0.2) is 29.2 Å². The smallest absolute Gasteiger partial charge is 0.208 e. The van der Waals surface area contributed by atoms with E-state index in [9.17, 15) is 10.2 Å². The summed E-state index contributed by atoms with van der Waals surface area (Å²) in [6.07, 6.45) is 2.97. The van der Waals surface area contributed by atoms with Gasteiger partial charge in [-0.1, -0.05) is 0 Å². The van der Waals surface area contributed by atoms with Crippen molar-refractivity contribution in [3.05, 3.63) is 24.2 Å². The molecule has 1 aromatic rings. The van der Waals surface area contributed by atoms with Crippen LogP contribution in [-0.2, 0) is 4.74 Å². The van der Waals surface area contributed by atoms with Gasteiger partial charge in [-0.05, 0) is 0 Å². The number of aromatic amines is 1. The first-order chi connectivity index (χ1) is 9.70. The number of hydrogen-bond donors (Lipinski definition) is 4. The van der Waals surface area contributed by atoms with E-state index in [1.54, 1.807) is 29.7 Å². The van der Waals surface area contributed by atoms with Crippen molar-refractivity contribution in [3.63, 3.8) is 0 Å². The molecule has 0 amide bonds. The lowest BCUT2D eigenvalue weighted by atomic mass is 10.0. The summed E-state index contributed by atoms with van der Waals surface area (Å²) >= 11 is 0. The van der Waals surface area contributed by atoms with Gasteiger partial charge in [-0.15, -0.1) is 0 Å². The van der Waals surface area contributed by atoms with Crippen LogP contribution in [0.1, 0.15) is 0 Å². The standard InChI is InChI=1S/C12H16N4O4/c17-5-8-9(18)10(19)11(20-8)7-3-13-6-16(4-7)12-14-1-2-15-12/h1-4,8-11,17-19H,5-6H2,(H,14,15)/t8-,9-,10-,11+/m1/s1.